The fourth-order valence-corrected chi connectivity index (χ4v) is 4.08. The van der Waals surface area contributed by atoms with Gasteiger partial charge in [0.15, 0.2) is 9.84 Å². The molecule has 0 radical (unpaired) electrons. The standard InChI is InChI=1S/C15H18O2S/c1-12(2)10-18(16,17)11-14-8-5-7-13-6-3-4-9-15(13)14/h3-9,12H,10-11H2,1-2H3. The Bertz CT molecular complexity index is 637. The van der Waals surface area contributed by atoms with E-state index >= 15 is 0 Å². The molecule has 0 aliphatic heterocycles. The minimum absolute atomic E-state index is 0.131. The highest BCUT2D eigenvalue weighted by atomic mass is 32.2. The lowest BCUT2D eigenvalue weighted by atomic mass is 10.1. The van der Waals surface area contributed by atoms with E-state index in [0.29, 0.717) is 0 Å². The van der Waals surface area contributed by atoms with E-state index in [4.69, 9.17) is 0 Å². The molecule has 3 heteroatoms. The van der Waals surface area contributed by atoms with Crippen molar-refractivity contribution in [3.05, 3.63) is 48.0 Å². The molecular formula is C15H18O2S. The van der Waals surface area contributed by atoms with Gasteiger partial charge in [-0.3, -0.25) is 0 Å². The summed E-state index contributed by atoms with van der Waals surface area (Å²) in [4.78, 5) is 0. The molecule has 0 atom stereocenters. The molecule has 0 aliphatic rings. The fraction of sp³-hybridized carbons (Fsp3) is 0.333. The molecule has 2 rings (SSSR count). The van der Waals surface area contributed by atoms with E-state index in [-0.39, 0.29) is 17.4 Å². The first-order chi connectivity index (χ1) is 8.48. The number of benzene rings is 2. The van der Waals surface area contributed by atoms with Crippen LogP contribution in [0, 0.1) is 5.92 Å². The topological polar surface area (TPSA) is 34.1 Å². The molecule has 2 aromatic rings. The van der Waals surface area contributed by atoms with E-state index in [2.05, 4.69) is 0 Å². The van der Waals surface area contributed by atoms with Crippen molar-refractivity contribution in [2.75, 3.05) is 5.75 Å². The van der Waals surface area contributed by atoms with Gasteiger partial charge in [-0.25, -0.2) is 8.42 Å². The van der Waals surface area contributed by atoms with Gasteiger partial charge in [0.25, 0.3) is 0 Å². The molecule has 0 saturated heterocycles. The van der Waals surface area contributed by atoms with Crippen LogP contribution in [0.15, 0.2) is 42.5 Å². The minimum atomic E-state index is -3.03. The Labute approximate surface area is 109 Å². The summed E-state index contributed by atoms with van der Waals surface area (Å²) in [6.07, 6.45) is 0. The van der Waals surface area contributed by atoms with Gasteiger partial charge in [0.05, 0.1) is 11.5 Å². The molecule has 0 spiro atoms. The van der Waals surface area contributed by atoms with Crippen LogP contribution in [0.1, 0.15) is 19.4 Å². The predicted molar refractivity (Wildman–Crippen MR) is 76.3 cm³/mol. The Morgan fingerprint density at radius 3 is 2.39 bits per heavy atom. The number of hydrogen-bond donors (Lipinski definition) is 0. The number of hydrogen-bond acceptors (Lipinski definition) is 2. The smallest absolute Gasteiger partial charge is 0.154 e. The summed E-state index contributed by atoms with van der Waals surface area (Å²) in [6.45, 7) is 3.86. The summed E-state index contributed by atoms with van der Waals surface area (Å²) in [5.41, 5.74) is 0.897. The van der Waals surface area contributed by atoms with Crippen molar-refractivity contribution in [2.45, 2.75) is 19.6 Å². The average Bonchev–Trinajstić information content (AvgIpc) is 2.27. The summed E-state index contributed by atoms with van der Waals surface area (Å²) in [6, 6.07) is 13.7. The molecule has 18 heavy (non-hydrogen) atoms. The molecule has 0 aliphatic carbocycles. The largest absolute Gasteiger partial charge is 0.228 e. The zero-order valence-corrected chi connectivity index (χ0v) is 11.6. The van der Waals surface area contributed by atoms with Crippen LogP contribution in [0.2, 0.25) is 0 Å². The summed E-state index contributed by atoms with van der Waals surface area (Å²) < 4.78 is 24.1. The molecule has 96 valence electrons. The first-order valence-corrected chi connectivity index (χ1v) is 7.97. The number of sulfone groups is 1. The number of rotatable bonds is 4. The van der Waals surface area contributed by atoms with Crippen molar-refractivity contribution in [2.24, 2.45) is 5.92 Å². The maximum absolute atomic E-state index is 12.1. The van der Waals surface area contributed by atoms with Gasteiger partial charge in [-0.1, -0.05) is 56.3 Å². The summed E-state index contributed by atoms with van der Waals surface area (Å²) in [5.74, 6) is 0.549. The Morgan fingerprint density at radius 2 is 1.67 bits per heavy atom. The predicted octanol–water partition coefficient (Wildman–Crippen LogP) is 3.41. The molecule has 0 heterocycles. The second-order valence-electron chi connectivity index (χ2n) is 5.09. The van der Waals surface area contributed by atoms with Gasteiger partial charge in [-0.05, 0) is 22.3 Å². The van der Waals surface area contributed by atoms with Gasteiger partial charge in [-0.2, -0.15) is 0 Å². The Balaban J connectivity index is 2.38. The van der Waals surface area contributed by atoms with Crippen molar-refractivity contribution in [3.63, 3.8) is 0 Å². The second kappa shape index (κ2) is 5.11. The van der Waals surface area contributed by atoms with E-state index in [1.54, 1.807) is 0 Å². The van der Waals surface area contributed by atoms with Crippen LogP contribution < -0.4 is 0 Å². The molecule has 0 saturated carbocycles. The van der Waals surface area contributed by atoms with Gasteiger partial charge >= 0.3 is 0 Å². The lowest BCUT2D eigenvalue weighted by molar-refractivity contribution is 0.581. The molecule has 0 amide bonds. The average molecular weight is 262 g/mol. The molecule has 2 nitrogen and oxygen atoms in total. The number of fused-ring (bicyclic) bond motifs is 1. The minimum Gasteiger partial charge on any atom is -0.228 e. The highest BCUT2D eigenvalue weighted by molar-refractivity contribution is 7.90. The maximum Gasteiger partial charge on any atom is 0.154 e. The van der Waals surface area contributed by atoms with Crippen molar-refractivity contribution in [3.8, 4) is 0 Å². The lowest BCUT2D eigenvalue weighted by Crippen LogP contribution is -2.14. The molecule has 0 N–H and O–H groups in total. The molecule has 0 unspecified atom stereocenters. The maximum atomic E-state index is 12.1. The van der Waals surface area contributed by atoms with E-state index < -0.39 is 9.84 Å². The van der Waals surface area contributed by atoms with Gasteiger partial charge in [0.1, 0.15) is 0 Å². The first kappa shape index (κ1) is 13.1. The van der Waals surface area contributed by atoms with Crippen LogP contribution in [0.4, 0.5) is 0 Å². The highest BCUT2D eigenvalue weighted by Gasteiger charge is 2.15. The van der Waals surface area contributed by atoms with E-state index in [1.165, 1.54) is 0 Å². The normalized spacial score (nSPS) is 12.2. The first-order valence-electron chi connectivity index (χ1n) is 6.15. The van der Waals surface area contributed by atoms with Crippen LogP contribution >= 0.6 is 0 Å². The Morgan fingerprint density at radius 1 is 1.00 bits per heavy atom. The summed E-state index contributed by atoms with van der Waals surface area (Å²) in [5, 5.41) is 2.13. The van der Waals surface area contributed by atoms with Crippen LogP contribution in [0.25, 0.3) is 10.8 Å². The van der Waals surface area contributed by atoms with Crippen molar-refractivity contribution < 1.29 is 8.42 Å². The third kappa shape index (κ3) is 3.10. The van der Waals surface area contributed by atoms with Crippen LogP contribution in [-0.2, 0) is 15.6 Å². The fourth-order valence-electron chi connectivity index (χ4n) is 2.22. The zero-order valence-electron chi connectivity index (χ0n) is 10.8. The molecule has 0 bridgehead atoms. The van der Waals surface area contributed by atoms with Crippen molar-refractivity contribution in [1.29, 1.82) is 0 Å². The van der Waals surface area contributed by atoms with Crippen LogP contribution in [0.3, 0.4) is 0 Å². The van der Waals surface area contributed by atoms with Gasteiger partial charge in [0, 0.05) is 0 Å². The SMILES string of the molecule is CC(C)CS(=O)(=O)Cc1cccc2ccccc12. The Kier molecular flexibility index (Phi) is 3.71. The van der Waals surface area contributed by atoms with Crippen molar-refractivity contribution >= 4 is 20.6 Å². The van der Waals surface area contributed by atoms with Gasteiger partial charge < -0.3 is 0 Å². The molecule has 0 aromatic heterocycles. The highest BCUT2D eigenvalue weighted by Crippen LogP contribution is 2.21. The third-order valence-electron chi connectivity index (χ3n) is 2.84. The van der Waals surface area contributed by atoms with Gasteiger partial charge in [0.2, 0.25) is 0 Å². The monoisotopic (exact) mass is 262 g/mol. The quantitative estimate of drug-likeness (QED) is 0.846. The summed E-state index contributed by atoms with van der Waals surface area (Å²) in [7, 11) is -3.03. The zero-order chi connectivity index (χ0) is 13.2. The molecule has 0 fully saturated rings. The van der Waals surface area contributed by atoms with Crippen LogP contribution in [0.5, 0.6) is 0 Å². The van der Waals surface area contributed by atoms with E-state index in [1.807, 2.05) is 56.3 Å². The van der Waals surface area contributed by atoms with Gasteiger partial charge in [-0.15, -0.1) is 0 Å². The molecule has 2 aromatic carbocycles. The second-order valence-corrected chi connectivity index (χ2v) is 7.20. The summed E-state index contributed by atoms with van der Waals surface area (Å²) >= 11 is 0. The lowest BCUT2D eigenvalue weighted by Gasteiger charge is -2.09. The Hall–Kier alpha value is -1.35. The van der Waals surface area contributed by atoms with Crippen LogP contribution in [-0.4, -0.2) is 14.2 Å². The van der Waals surface area contributed by atoms with Crippen molar-refractivity contribution in [1.82, 2.24) is 0 Å². The van der Waals surface area contributed by atoms with E-state index in [0.717, 1.165) is 16.3 Å². The van der Waals surface area contributed by atoms with E-state index in [9.17, 15) is 8.42 Å². The molecular weight excluding hydrogens is 244 g/mol. The third-order valence-corrected chi connectivity index (χ3v) is 4.77.